The maximum absolute atomic E-state index is 8.89. The molecule has 6 aromatic carbocycles. The second-order valence-electron chi connectivity index (χ2n) is 18.7. The van der Waals surface area contributed by atoms with Crippen molar-refractivity contribution in [2.45, 2.75) is 89.0 Å². The van der Waals surface area contributed by atoms with Crippen LogP contribution < -0.4 is 21.1 Å². The summed E-state index contributed by atoms with van der Waals surface area (Å²) in [5, 5.41) is 37.5. The van der Waals surface area contributed by atoms with Crippen molar-refractivity contribution in [3.63, 3.8) is 0 Å². The monoisotopic (exact) mass is 1160 g/mol. The van der Waals surface area contributed by atoms with Gasteiger partial charge in [-0.3, -0.25) is 0 Å². The number of hydrogen-bond donors (Lipinski definition) is 6. The van der Waals surface area contributed by atoms with Gasteiger partial charge in [-0.2, -0.15) is 15.8 Å². The summed E-state index contributed by atoms with van der Waals surface area (Å²) in [5.41, 5.74) is 22.5. The van der Waals surface area contributed by atoms with Crippen LogP contribution in [0.2, 0.25) is 0 Å². The molecule has 0 aliphatic heterocycles. The molecule has 7 N–H and O–H groups in total. The molecule has 0 spiro atoms. The lowest BCUT2D eigenvalue weighted by atomic mass is 9.91. The molecule has 73 heavy (non-hydrogen) atoms. The average molecular weight is 1160 g/mol. The minimum Gasteiger partial charge on any atom is -0.497 e. The van der Waals surface area contributed by atoms with Crippen molar-refractivity contribution < 1.29 is 4.74 Å². The maximum atomic E-state index is 8.89. The van der Waals surface area contributed by atoms with E-state index in [4.69, 9.17) is 26.3 Å². The van der Waals surface area contributed by atoms with Gasteiger partial charge in [0.05, 0.1) is 42.0 Å². The maximum Gasteiger partial charge on any atom is 0.118 e. The van der Waals surface area contributed by atoms with E-state index in [0.717, 1.165) is 70.8 Å². The molecule has 0 saturated carbocycles. The van der Waals surface area contributed by atoms with Gasteiger partial charge < -0.3 is 36.1 Å². The fourth-order valence-corrected chi connectivity index (χ4v) is 11.4. The Morgan fingerprint density at radius 2 is 0.863 bits per heavy atom. The molecule has 3 heterocycles. The summed E-state index contributed by atoms with van der Waals surface area (Å²) in [6.07, 6.45) is 10.4. The highest BCUT2D eigenvalue weighted by molar-refractivity contribution is 9.11. The number of rotatable bonds is 7. The number of hydrogen-bond acceptors (Lipinski definition) is 7. The standard InChI is InChI=1S/2C20H18BrN3.C12H13BrN2.C8H7NO/c2*21-15-8-9-18-17(10-15)16-2-1-3-19(20(16)24-18)23-12-14-6-4-13(11-22)5-7-14;13-7-4-5-11-9(6-7)8-2-1-3-10(14)12(8)15-11;1-10-8-4-2-7(6-9)3-5-8/h2*4-10,19,23-24H,1-3,12H2;4-6,10,15H,1-3,14H2;2-5H,1H3/t2*19-;10-;/m111./s1. The first-order valence-corrected chi connectivity index (χ1v) is 27.1. The third-order valence-electron chi connectivity index (χ3n) is 14.0. The van der Waals surface area contributed by atoms with Crippen molar-refractivity contribution in [2.24, 2.45) is 5.73 Å². The number of halogens is 3. The number of aryl methyl sites for hydroxylation is 3. The largest absolute Gasteiger partial charge is 0.497 e. The molecule has 12 rings (SSSR count). The number of nitrogens with two attached hydrogens (primary N) is 1. The number of nitrogens with zero attached hydrogens (tertiary/aromatic N) is 3. The second kappa shape index (κ2) is 24.0. The predicted molar refractivity (Wildman–Crippen MR) is 303 cm³/mol. The molecule has 10 nitrogen and oxygen atoms in total. The minimum atomic E-state index is 0.194. The quantitative estimate of drug-likeness (QED) is 0.0919. The average Bonchev–Trinajstić information content (AvgIpc) is 4.12. The van der Waals surface area contributed by atoms with Gasteiger partial charge in [0, 0.05) is 94.4 Å². The van der Waals surface area contributed by atoms with Crippen LogP contribution in [0.25, 0.3) is 32.7 Å². The number of benzene rings is 6. The third-order valence-corrected chi connectivity index (χ3v) is 15.5. The van der Waals surface area contributed by atoms with E-state index in [0.29, 0.717) is 28.8 Å². The van der Waals surface area contributed by atoms with Crippen LogP contribution in [0.1, 0.15) is 118 Å². The number of nitrogens with one attached hydrogen (secondary N) is 5. The second-order valence-corrected chi connectivity index (χ2v) is 21.5. The Morgan fingerprint density at radius 1 is 0.507 bits per heavy atom. The Bertz CT molecular complexity index is 3330. The van der Waals surface area contributed by atoms with Gasteiger partial charge in [-0.05, 0) is 189 Å². The normalized spacial score (nSPS) is 16.4. The molecule has 3 aliphatic carbocycles. The molecule has 368 valence electrons. The first-order valence-electron chi connectivity index (χ1n) is 24.8. The van der Waals surface area contributed by atoms with Crippen molar-refractivity contribution in [3.05, 3.63) is 202 Å². The van der Waals surface area contributed by atoms with Gasteiger partial charge >= 0.3 is 0 Å². The van der Waals surface area contributed by atoms with E-state index >= 15 is 0 Å². The summed E-state index contributed by atoms with van der Waals surface area (Å²) in [7, 11) is 1.60. The molecule has 0 radical (unpaired) electrons. The highest BCUT2D eigenvalue weighted by Gasteiger charge is 2.26. The summed E-state index contributed by atoms with van der Waals surface area (Å²) < 4.78 is 8.30. The van der Waals surface area contributed by atoms with Crippen LogP contribution >= 0.6 is 47.8 Å². The van der Waals surface area contributed by atoms with Crippen LogP contribution in [0.15, 0.2) is 141 Å². The Labute approximate surface area is 451 Å². The van der Waals surface area contributed by atoms with E-state index in [2.05, 4.69) is 140 Å². The first-order chi connectivity index (χ1) is 35.6. The Morgan fingerprint density at radius 3 is 1.25 bits per heavy atom. The van der Waals surface area contributed by atoms with Crippen LogP contribution in [0.3, 0.4) is 0 Å². The van der Waals surface area contributed by atoms with E-state index in [-0.39, 0.29) is 6.04 Å². The highest BCUT2D eigenvalue weighted by Crippen LogP contribution is 2.38. The van der Waals surface area contributed by atoms with Gasteiger partial charge in [0.25, 0.3) is 0 Å². The molecule has 3 aromatic heterocycles. The molecule has 13 heteroatoms. The topological polar surface area (TPSA) is 178 Å². The molecule has 0 unspecified atom stereocenters. The fourth-order valence-electron chi connectivity index (χ4n) is 10.3. The van der Waals surface area contributed by atoms with Crippen LogP contribution in [0, 0.1) is 34.0 Å². The number of H-pyrrole nitrogens is 3. The Balaban J connectivity index is 0.000000126. The van der Waals surface area contributed by atoms with Gasteiger partial charge in [-0.25, -0.2) is 0 Å². The molecule has 3 atom stereocenters. The van der Waals surface area contributed by atoms with Gasteiger partial charge in [0.1, 0.15) is 5.75 Å². The molecule has 9 aromatic rings. The van der Waals surface area contributed by atoms with E-state index in [1.165, 1.54) is 96.9 Å². The molecular formula is C60H56Br3N9O. The molecule has 0 amide bonds. The molecule has 0 saturated heterocycles. The van der Waals surface area contributed by atoms with Crippen LogP contribution in [-0.2, 0) is 32.4 Å². The highest BCUT2D eigenvalue weighted by atomic mass is 79.9. The zero-order chi connectivity index (χ0) is 50.8. The van der Waals surface area contributed by atoms with Gasteiger partial charge in [-0.1, -0.05) is 72.1 Å². The zero-order valence-electron chi connectivity index (χ0n) is 40.6. The van der Waals surface area contributed by atoms with Crippen LogP contribution in [-0.4, -0.2) is 22.1 Å². The van der Waals surface area contributed by atoms with E-state index in [1.807, 2.05) is 54.6 Å². The summed E-state index contributed by atoms with van der Waals surface area (Å²) in [6, 6.07) is 49.1. The lowest BCUT2D eigenvalue weighted by Crippen LogP contribution is -2.24. The number of methoxy groups -OCH3 is 1. The Kier molecular flexibility index (Phi) is 16.9. The van der Waals surface area contributed by atoms with Crippen molar-refractivity contribution >= 4 is 80.5 Å². The van der Waals surface area contributed by atoms with E-state index in [9.17, 15) is 0 Å². The summed E-state index contributed by atoms with van der Waals surface area (Å²) in [4.78, 5) is 10.7. The van der Waals surface area contributed by atoms with Gasteiger partial charge in [0.2, 0.25) is 0 Å². The van der Waals surface area contributed by atoms with Crippen molar-refractivity contribution in [2.75, 3.05) is 7.11 Å². The minimum absolute atomic E-state index is 0.194. The third kappa shape index (κ3) is 12.3. The van der Waals surface area contributed by atoms with Gasteiger partial charge in [0.15, 0.2) is 0 Å². The number of nitriles is 3. The summed E-state index contributed by atoms with van der Waals surface area (Å²) in [6.45, 7) is 1.63. The summed E-state index contributed by atoms with van der Waals surface area (Å²) >= 11 is 10.7. The zero-order valence-corrected chi connectivity index (χ0v) is 45.4. The SMILES string of the molecule is COc1ccc(C#N)cc1.N#Cc1ccc(CN[C@@H]2CCCc3c2[nH]c2ccc(Br)cc32)cc1.N#Cc1ccc(CN[C@@H]2CCCc3c2[nH]c2ccc(Br)cc32)cc1.N[C@@H]1CCCc2c1[nH]c1ccc(Br)cc21. The number of aromatic amines is 3. The predicted octanol–water partition coefficient (Wildman–Crippen LogP) is 14.8. The Hall–Kier alpha value is -6.47. The lowest BCUT2D eigenvalue weighted by Gasteiger charge is -2.24. The van der Waals surface area contributed by atoms with Crippen LogP contribution in [0.5, 0.6) is 5.75 Å². The van der Waals surface area contributed by atoms with Gasteiger partial charge in [-0.15, -0.1) is 0 Å². The number of fused-ring (bicyclic) bond motifs is 9. The summed E-state index contributed by atoms with van der Waals surface area (Å²) in [5.74, 6) is 0.777. The van der Waals surface area contributed by atoms with Crippen molar-refractivity contribution in [1.29, 1.82) is 15.8 Å². The molecule has 3 aliphatic rings. The number of aromatic nitrogens is 3. The van der Waals surface area contributed by atoms with Crippen molar-refractivity contribution in [1.82, 2.24) is 25.6 Å². The molecule has 0 bridgehead atoms. The lowest BCUT2D eigenvalue weighted by molar-refractivity contribution is 0.415. The van der Waals surface area contributed by atoms with Crippen LogP contribution in [0.4, 0.5) is 0 Å². The fraction of sp³-hybridized carbons (Fsp3) is 0.250. The van der Waals surface area contributed by atoms with Crippen molar-refractivity contribution in [3.8, 4) is 24.0 Å². The van der Waals surface area contributed by atoms with E-state index < -0.39 is 0 Å². The molecular weight excluding hydrogens is 1100 g/mol. The molecule has 0 fully saturated rings. The smallest absolute Gasteiger partial charge is 0.118 e. The number of ether oxygens (including phenoxy) is 1. The van der Waals surface area contributed by atoms with E-state index in [1.54, 1.807) is 31.4 Å². The first kappa shape index (κ1) is 51.4.